The average Bonchev–Trinajstić information content (AvgIpc) is 2.46. The number of aryl methyl sites for hydroxylation is 1. The molecule has 0 amide bonds. The Hall–Kier alpha value is -1.06. The van der Waals surface area contributed by atoms with Gasteiger partial charge in [-0.15, -0.1) is 0 Å². The number of anilines is 1. The zero-order valence-corrected chi connectivity index (χ0v) is 11.7. The molecule has 19 heavy (non-hydrogen) atoms. The Labute approximate surface area is 115 Å². The summed E-state index contributed by atoms with van der Waals surface area (Å²) in [7, 11) is 0. The second kappa shape index (κ2) is 6.92. The van der Waals surface area contributed by atoms with E-state index in [4.69, 9.17) is 0 Å². The Morgan fingerprint density at radius 2 is 1.89 bits per heavy atom. The van der Waals surface area contributed by atoms with Crippen molar-refractivity contribution >= 4 is 5.69 Å². The molecule has 1 aromatic carbocycles. The van der Waals surface area contributed by atoms with E-state index in [0.717, 1.165) is 24.2 Å². The summed E-state index contributed by atoms with van der Waals surface area (Å²) in [4.78, 5) is 0. The van der Waals surface area contributed by atoms with Crippen molar-refractivity contribution in [1.29, 1.82) is 0 Å². The van der Waals surface area contributed by atoms with Crippen molar-refractivity contribution in [2.75, 3.05) is 18.5 Å². The third kappa shape index (κ3) is 3.71. The van der Waals surface area contributed by atoms with Crippen LogP contribution >= 0.6 is 0 Å². The molecule has 1 aliphatic carbocycles. The van der Waals surface area contributed by atoms with Crippen molar-refractivity contribution < 1.29 is 10.2 Å². The van der Waals surface area contributed by atoms with Gasteiger partial charge in [-0.1, -0.05) is 25.0 Å². The molecule has 2 unspecified atom stereocenters. The van der Waals surface area contributed by atoms with Gasteiger partial charge in [-0.2, -0.15) is 0 Å². The minimum Gasteiger partial charge on any atom is -0.396 e. The van der Waals surface area contributed by atoms with Crippen LogP contribution in [0.25, 0.3) is 0 Å². The molecule has 0 aromatic heterocycles. The number of rotatable bonds is 5. The summed E-state index contributed by atoms with van der Waals surface area (Å²) in [5.41, 5.74) is 3.25. The maximum absolute atomic E-state index is 9.43. The third-order valence-electron chi connectivity index (χ3n) is 4.34. The van der Waals surface area contributed by atoms with Gasteiger partial charge in [0.05, 0.1) is 6.61 Å². The first-order valence-corrected chi connectivity index (χ1v) is 7.29. The van der Waals surface area contributed by atoms with Gasteiger partial charge in [0, 0.05) is 18.8 Å². The van der Waals surface area contributed by atoms with E-state index in [1.54, 1.807) is 0 Å². The van der Waals surface area contributed by atoms with Crippen LogP contribution in [-0.2, 0) is 6.61 Å². The maximum atomic E-state index is 9.43. The lowest BCUT2D eigenvalue weighted by atomic mass is 9.79. The standard InChI is InChI=1S/C16H25NO2/c1-12-6-7-13(10-18)8-16(12)17-9-14-4-2-3-5-15(14)11-19/h6-8,14-15,17-19H,2-5,9-11H2,1H3. The highest BCUT2D eigenvalue weighted by atomic mass is 16.3. The highest BCUT2D eigenvalue weighted by Gasteiger charge is 2.24. The lowest BCUT2D eigenvalue weighted by Gasteiger charge is -2.30. The minimum atomic E-state index is 0.0810. The van der Waals surface area contributed by atoms with Crippen LogP contribution in [0.2, 0.25) is 0 Å². The van der Waals surface area contributed by atoms with E-state index >= 15 is 0 Å². The fourth-order valence-corrected chi connectivity index (χ4v) is 2.99. The van der Waals surface area contributed by atoms with E-state index in [0.29, 0.717) is 18.4 Å². The summed E-state index contributed by atoms with van der Waals surface area (Å²) >= 11 is 0. The molecule has 3 heteroatoms. The van der Waals surface area contributed by atoms with E-state index in [-0.39, 0.29) is 6.61 Å². The molecule has 0 spiro atoms. The second-order valence-electron chi connectivity index (χ2n) is 5.68. The summed E-state index contributed by atoms with van der Waals surface area (Å²) in [6, 6.07) is 6.02. The highest BCUT2D eigenvalue weighted by Crippen LogP contribution is 2.30. The van der Waals surface area contributed by atoms with Crippen LogP contribution in [-0.4, -0.2) is 23.4 Å². The second-order valence-corrected chi connectivity index (χ2v) is 5.68. The SMILES string of the molecule is Cc1ccc(CO)cc1NCC1CCCCC1CO. The molecule has 106 valence electrons. The van der Waals surface area contributed by atoms with Crippen LogP contribution in [0.5, 0.6) is 0 Å². The number of aliphatic hydroxyl groups is 2. The molecule has 2 rings (SSSR count). The molecule has 2 atom stereocenters. The largest absolute Gasteiger partial charge is 0.396 e. The quantitative estimate of drug-likeness (QED) is 0.765. The molecule has 0 heterocycles. The third-order valence-corrected chi connectivity index (χ3v) is 4.34. The zero-order chi connectivity index (χ0) is 13.7. The molecule has 1 fully saturated rings. The van der Waals surface area contributed by atoms with E-state index in [9.17, 15) is 10.2 Å². The van der Waals surface area contributed by atoms with Gasteiger partial charge >= 0.3 is 0 Å². The summed E-state index contributed by atoms with van der Waals surface area (Å²) in [6.45, 7) is 3.38. The molecule has 3 nitrogen and oxygen atoms in total. The minimum absolute atomic E-state index is 0.0810. The topological polar surface area (TPSA) is 52.5 Å². The Kier molecular flexibility index (Phi) is 5.23. The van der Waals surface area contributed by atoms with Crippen LogP contribution < -0.4 is 5.32 Å². The summed E-state index contributed by atoms with van der Waals surface area (Å²) in [5, 5.41) is 22.1. The number of nitrogens with one attached hydrogen (secondary N) is 1. The molecule has 1 aliphatic rings. The molecule has 1 saturated carbocycles. The van der Waals surface area contributed by atoms with Crippen molar-refractivity contribution in [3.05, 3.63) is 29.3 Å². The first-order chi connectivity index (χ1) is 9.24. The van der Waals surface area contributed by atoms with Gasteiger partial charge in [0.25, 0.3) is 0 Å². The Bertz CT molecular complexity index is 406. The predicted octanol–water partition coefficient (Wildman–Crippen LogP) is 2.70. The van der Waals surface area contributed by atoms with Crippen LogP contribution in [0.3, 0.4) is 0 Å². The molecule has 0 aliphatic heterocycles. The monoisotopic (exact) mass is 263 g/mol. The van der Waals surface area contributed by atoms with Gasteiger partial charge in [0.15, 0.2) is 0 Å². The van der Waals surface area contributed by atoms with Gasteiger partial charge < -0.3 is 15.5 Å². The van der Waals surface area contributed by atoms with Crippen molar-refractivity contribution in [3.63, 3.8) is 0 Å². The van der Waals surface area contributed by atoms with Crippen molar-refractivity contribution in [2.45, 2.75) is 39.2 Å². The molecular weight excluding hydrogens is 238 g/mol. The summed E-state index contributed by atoms with van der Waals surface area (Å²) in [6.07, 6.45) is 4.88. The van der Waals surface area contributed by atoms with Crippen molar-refractivity contribution in [1.82, 2.24) is 0 Å². The van der Waals surface area contributed by atoms with Crippen LogP contribution in [0.1, 0.15) is 36.8 Å². The van der Waals surface area contributed by atoms with Crippen molar-refractivity contribution in [3.8, 4) is 0 Å². The summed E-state index contributed by atoms with van der Waals surface area (Å²) < 4.78 is 0. The number of hydrogen-bond donors (Lipinski definition) is 3. The summed E-state index contributed by atoms with van der Waals surface area (Å²) in [5.74, 6) is 1.01. The molecule has 3 N–H and O–H groups in total. The van der Waals surface area contributed by atoms with E-state index in [1.807, 2.05) is 18.2 Å². The van der Waals surface area contributed by atoms with Gasteiger partial charge in [-0.05, 0) is 48.8 Å². The Balaban J connectivity index is 1.97. The average molecular weight is 263 g/mol. The van der Waals surface area contributed by atoms with Crippen LogP contribution in [0.15, 0.2) is 18.2 Å². The fourth-order valence-electron chi connectivity index (χ4n) is 2.99. The van der Waals surface area contributed by atoms with E-state index in [1.165, 1.54) is 24.8 Å². The molecular formula is C16H25NO2. The van der Waals surface area contributed by atoms with E-state index < -0.39 is 0 Å². The smallest absolute Gasteiger partial charge is 0.0682 e. The van der Waals surface area contributed by atoms with Gasteiger partial charge in [0.1, 0.15) is 0 Å². The Morgan fingerprint density at radius 1 is 1.16 bits per heavy atom. The maximum Gasteiger partial charge on any atom is 0.0682 e. The van der Waals surface area contributed by atoms with Gasteiger partial charge in [0.2, 0.25) is 0 Å². The molecule has 1 aromatic rings. The van der Waals surface area contributed by atoms with Gasteiger partial charge in [-0.25, -0.2) is 0 Å². The van der Waals surface area contributed by atoms with Crippen LogP contribution in [0, 0.1) is 18.8 Å². The number of hydrogen-bond acceptors (Lipinski definition) is 3. The zero-order valence-electron chi connectivity index (χ0n) is 11.7. The lowest BCUT2D eigenvalue weighted by Crippen LogP contribution is -2.28. The number of aliphatic hydroxyl groups excluding tert-OH is 2. The Morgan fingerprint density at radius 3 is 2.58 bits per heavy atom. The highest BCUT2D eigenvalue weighted by molar-refractivity contribution is 5.52. The first-order valence-electron chi connectivity index (χ1n) is 7.29. The molecule has 0 saturated heterocycles. The van der Waals surface area contributed by atoms with Crippen LogP contribution in [0.4, 0.5) is 5.69 Å². The first kappa shape index (κ1) is 14.4. The fraction of sp³-hybridized carbons (Fsp3) is 0.625. The predicted molar refractivity (Wildman–Crippen MR) is 78.1 cm³/mol. The van der Waals surface area contributed by atoms with Gasteiger partial charge in [-0.3, -0.25) is 0 Å². The normalized spacial score (nSPS) is 23.3. The molecule has 0 radical (unpaired) electrons. The van der Waals surface area contributed by atoms with Crippen molar-refractivity contribution in [2.24, 2.45) is 11.8 Å². The number of benzene rings is 1. The molecule has 0 bridgehead atoms. The lowest BCUT2D eigenvalue weighted by molar-refractivity contribution is 0.141. The van der Waals surface area contributed by atoms with E-state index in [2.05, 4.69) is 12.2 Å².